The fourth-order valence-electron chi connectivity index (χ4n) is 2.25. The van der Waals surface area contributed by atoms with Crippen LogP contribution in [0.3, 0.4) is 0 Å². The maximum Gasteiger partial charge on any atom is 0.335 e. The average molecular weight is 410 g/mol. The van der Waals surface area contributed by atoms with Crippen molar-refractivity contribution < 1.29 is 14.7 Å². The number of amides is 1. The van der Waals surface area contributed by atoms with Crippen LogP contribution in [-0.4, -0.2) is 21.3 Å². The van der Waals surface area contributed by atoms with Crippen molar-refractivity contribution in [2.45, 2.75) is 0 Å². The third-order valence-corrected chi connectivity index (χ3v) is 5.38. The molecule has 0 unspecified atom stereocenters. The predicted octanol–water partition coefficient (Wildman–Crippen LogP) is 5.10. The number of carbonyl (C=O) groups is 2. The van der Waals surface area contributed by atoms with E-state index in [1.165, 1.54) is 17.0 Å². The molecular formula is C17H9Cl2NO3S2. The Hall–Kier alpha value is -1.86. The lowest BCUT2D eigenvalue weighted by Gasteiger charge is -2.14. The first kappa shape index (κ1) is 17.9. The predicted molar refractivity (Wildman–Crippen MR) is 106 cm³/mol. The molecule has 1 saturated heterocycles. The summed E-state index contributed by atoms with van der Waals surface area (Å²) in [6, 6.07) is 11.1. The molecule has 25 heavy (non-hydrogen) atoms. The van der Waals surface area contributed by atoms with Crippen LogP contribution < -0.4 is 4.90 Å². The first-order valence-electron chi connectivity index (χ1n) is 6.94. The molecule has 2 aromatic rings. The van der Waals surface area contributed by atoms with Crippen LogP contribution in [0.25, 0.3) is 6.08 Å². The molecular weight excluding hydrogens is 401 g/mol. The molecule has 0 radical (unpaired) electrons. The number of carbonyl (C=O) groups excluding carboxylic acids is 1. The van der Waals surface area contributed by atoms with E-state index in [-0.39, 0.29) is 11.5 Å². The topological polar surface area (TPSA) is 57.6 Å². The van der Waals surface area contributed by atoms with Gasteiger partial charge in [0.1, 0.15) is 0 Å². The van der Waals surface area contributed by atoms with E-state index in [1.54, 1.807) is 36.4 Å². The Kier molecular flexibility index (Phi) is 5.15. The molecule has 1 N–H and O–H groups in total. The standard InChI is InChI=1S/C17H9Cl2NO3S2/c18-12-5-2-6-13(19)11(12)8-14-15(21)20(17(24)25-14)10-4-1-3-9(7-10)16(22)23/h1-8H,(H,22,23)/b14-8-. The van der Waals surface area contributed by atoms with Crippen LogP contribution in [0, 0.1) is 0 Å². The number of rotatable bonds is 3. The van der Waals surface area contributed by atoms with E-state index in [1.807, 2.05) is 0 Å². The number of hydrogen-bond donors (Lipinski definition) is 1. The van der Waals surface area contributed by atoms with Gasteiger partial charge in [0.2, 0.25) is 0 Å². The molecule has 126 valence electrons. The molecule has 0 aromatic heterocycles. The molecule has 8 heteroatoms. The molecule has 1 amide bonds. The molecule has 1 heterocycles. The minimum atomic E-state index is -1.08. The summed E-state index contributed by atoms with van der Waals surface area (Å²) >= 11 is 18.7. The van der Waals surface area contributed by atoms with Gasteiger partial charge in [-0.15, -0.1) is 0 Å². The smallest absolute Gasteiger partial charge is 0.335 e. The van der Waals surface area contributed by atoms with Crippen LogP contribution in [-0.2, 0) is 4.79 Å². The third-order valence-electron chi connectivity index (χ3n) is 3.42. The van der Waals surface area contributed by atoms with Gasteiger partial charge in [-0.3, -0.25) is 9.69 Å². The fraction of sp³-hybridized carbons (Fsp3) is 0. The second-order valence-corrected chi connectivity index (χ2v) is 7.50. The molecule has 0 saturated carbocycles. The fourth-order valence-corrected chi connectivity index (χ4v) is 4.04. The molecule has 0 bridgehead atoms. The van der Waals surface area contributed by atoms with Gasteiger partial charge in [0.25, 0.3) is 5.91 Å². The van der Waals surface area contributed by atoms with E-state index >= 15 is 0 Å². The summed E-state index contributed by atoms with van der Waals surface area (Å²) in [5, 5.41) is 9.95. The van der Waals surface area contributed by atoms with Crippen LogP contribution >= 0.6 is 47.2 Å². The normalized spacial score (nSPS) is 15.9. The van der Waals surface area contributed by atoms with Crippen molar-refractivity contribution in [2.24, 2.45) is 0 Å². The number of benzene rings is 2. The first-order valence-corrected chi connectivity index (χ1v) is 8.92. The Labute approximate surface area is 163 Å². The van der Waals surface area contributed by atoms with Gasteiger partial charge in [0.15, 0.2) is 4.32 Å². The molecule has 4 nitrogen and oxygen atoms in total. The Morgan fingerprint density at radius 3 is 2.44 bits per heavy atom. The minimum Gasteiger partial charge on any atom is -0.478 e. The van der Waals surface area contributed by atoms with E-state index < -0.39 is 5.97 Å². The van der Waals surface area contributed by atoms with Crippen molar-refractivity contribution in [3.05, 3.63) is 68.5 Å². The van der Waals surface area contributed by atoms with Crippen LogP contribution in [0.1, 0.15) is 15.9 Å². The van der Waals surface area contributed by atoms with Crippen LogP contribution in [0.4, 0.5) is 5.69 Å². The van der Waals surface area contributed by atoms with E-state index in [9.17, 15) is 9.59 Å². The Morgan fingerprint density at radius 2 is 1.80 bits per heavy atom. The summed E-state index contributed by atoms with van der Waals surface area (Å²) in [4.78, 5) is 25.5. The first-order chi connectivity index (χ1) is 11.9. The van der Waals surface area contributed by atoms with Gasteiger partial charge in [-0.1, -0.05) is 59.3 Å². The van der Waals surface area contributed by atoms with Crippen molar-refractivity contribution in [1.29, 1.82) is 0 Å². The molecule has 2 aromatic carbocycles. The Balaban J connectivity index is 2.00. The van der Waals surface area contributed by atoms with Crippen LogP contribution in [0.15, 0.2) is 47.4 Å². The summed E-state index contributed by atoms with van der Waals surface area (Å²) in [5.74, 6) is -1.43. The summed E-state index contributed by atoms with van der Waals surface area (Å²) in [7, 11) is 0. The van der Waals surface area contributed by atoms with E-state index in [2.05, 4.69) is 0 Å². The number of carboxylic acids is 1. The van der Waals surface area contributed by atoms with Crippen molar-refractivity contribution in [2.75, 3.05) is 4.90 Å². The summed E-state index contributed by atoms with van der Waals surface area (Å²) < 4.78 is 0.307. The zero-order valence-electron chi connectivity index (χ0n) is 12.4. The van der Waals surface area contributed by atoms with Crippen molar-refractivity contribution in [1.82, 2.24) is 0 Å². The molecule has 1 aliphatic rings. The summed E-state index contributed by atoms with van der Waals surface area (Å²) in [5.41, 5.74) is 1.01. The number of carboxylic acid groups (broad SMARTS) is 1. The molecule has 0 spiro atoms. The summed E-state index contributed by atoms with van der Waals surface area (Å²) in [6.45, 7) is 0. The number of halogens is 2. The Bertz CT molecular complexity index is 923. The highest BCUT2D eigenvalue weighted by molar-refractivity contribution is 8.27. The number of thiocarbonyl (C=S) groups is 1. The van der Waals surface area contributed by atoms with Crippen LogP contribution in [0.5, 0.6) is 0 Å². The monoisotopic (exact) mass is 409 g/mol. The third kappa shape index (κ3) is 3.57. The van der Waals surface area contributed by atoms with E-state index in [0.717, 1.165) is 11.8 Å². The van der Waals surface area contributed by atoms with Crippen molar-refractivity contribution >= 4 is 75.1 Å². The number of thioether (sulfide) groups is 1. The zero-order valence-corrected chi connectivity index (χ0v) is 15.5. The quantitative estimate of drug-likeness (QED) is 0.564. The Morgan fingerprint density at radius 1 is 1.16 bits per heavy atom. The van der Waals surface area contributed by atoms with Gasteiger partial charge < -0.3 is 5.11 Å². The lowest BCUT2D eigenvalue weighted by atomic mass is 10.2. The highest BCUT2D eigenvalue weighted by Gasteiger charge is 2.33. The lowest BCUT2D eigenvalue weighted by Crippen LogP contribution is -2.27. The number of aromatic carboxylic acids is 1. The van der Waals surface area contributed by atoms with Gasteiger partial charge in [0, 0.05) is 15.6 Å². The molecule has 3 rings (SSSR count). The second kappa shape index (κ2) is 7.17. The maximum atomic E-state index is 12.7. The average Bonchev–Trinajstić information content (AvgIpc) is 2.85. The molecule has 0 atom stereocenters. The maximum absolute atomic E-state index is 12.7. The highest BCUT2D eigenvalue weighted by atomic mass is 35.5. The van der Waals surface area contributed by atoms with E-state index in [0.29, 0.717) is 30.5 Å². The van der Waals surface area contributed by atoms with Gasteiger partial charge >= 0.3 is 5.97 Å². The highest BCUT2D eigenvalue weighted by Crippen LogP contribution is 2.38. The van der Waals surface area contributed by atoms with Gasteiger partial charge in [0.05, 0.1) is 16.2 Å². The zero-order chi connectivity index (χ0) is 18.1. The van der Waals surface area contributed by atoms with Crippen LogP contribution in [0.2, 0.25) is 10.0 Å². The molecule has 1 aliphatic heterocycles. The second-order valence-electron chi connectivity index (χ2n) is 5.01. The minimum absolute atomic E-state index is 0.0738. The molecule has 1 fully saturated rings. The lowest BCUT2D eigenvalue weighted by molar-refractivity contribution is -0.113. The number of anilines is 1. The van der Waals surface area contributed by atoms with Gasteiger partial charge in [-0.2, -0.15) is 0 Å². The SMILES string of the molecule is O=C(O)c1cccc(N2C(=O)/C(=C/c3c(Cl)cccc3Cl)SC2=S)c1. The number of nitrogens with zero attached hydrogens (tertiary/aromatic N) is 1. The number of hydrogen-bond acceptors (Lipinski definition) is 4. The van der Waals surface area contributed by atoms with Gasteiger partial charge in [-0.05, 0) is 36.4 Å². The summed E-state index contributed by atoms with van der Waals surface area (Å²) in [6.07, 6.45) is 1.59. The van der Waals surface area contributed by atoms with E-state index in [4.69, 9.17) is 40.5 Å². The van der Waals surface area contributed by atoms with Crippen molar-refractivity contribution in [3.63, 3.8) is 0 Å². The van der Waals surface area contributed by atoms with Gasteiger partial charge in [-0.25, -0.2) is 4.79 Å². The van der Waals surface area contributed by atoms with Crippen molar-refractivity contribution in [3.8, 4) is 0 Å². The molecule has 0 aliphatic carbocycles. The largest absolute Gasteiger partial charge is 0.478 e.